The molecule has 15 nitrogen and oxygen atoms in total. The summed E-state index contributed by atoms with van der Waals surface area (Å²) in [7, 11) is -4.99. The highest BCUT2D eigenvalue weighted by Gasteiger charge is 2.49. The molecule has 16 heteroatoms. The fraction of sp³-hybridized carbons (Fsp3) is 0.500. The largest absolute Gasteiger partial charge is 0.470 e. The first-order chi connectivity index (χ1) is 12.3. The molecule has 26 heavy (non-hydrogen) atoms. The van der Waals surface area contributed by atoms with Gasteiger partial charge < -0.3 is 30.5 Å². The third-order valence-corrected chi connectivity index (χ3v) is 4.14. The molecule has 3 rings (SSSR count). The van der Waals surface area contributed by atoms with E-state index < -0.39 is 39.0 Å². The fourth-order valence-corrected chi connectivity index (χ4v) is 3.21. The summed E-state index contributed by atoms with van der Waals surface area (Å²) in [6.45, 7) is -0.709. The zero-order chi connectivity index (χ0) is 19.1. The van der Waals surface area contributed by atoms with Crippen molar-refractivity contribution in [3.05, 3.63) is 16.8 Å². The van der Waals surface area contributed by atoms with E-state index in [4.69, 9.17) is 25.8 Å². The lowest BCUT2D eigenvalue weighted by Gasteiger charge is -2.20. The maximum atomic E-state index is 11.1. The predicted octanol–water partition coefficient (Wildman–Crippen LogP) is -0.921. The molecule has 0 unspecified atom stereocenters. The Labute approximate surface area is 143 Å². The van der Waals surface area contributed by atoms with Crippen LogP contribution >= 0.6 is 7.82 Å². The molecule has 1 aliphatic rings. The number of hydrogen-bond acceptors (Lipinski definition) is 10. The number of azide groups is 1. The number of hydrogen-bond donors (Lipinski definition) is 5. The number of nitrogens with zero attached hydrogens (tertiary/aromatic N) is 7. The van der Waals surface area contributed by atoms with E-state index in [1.165, 1.54) is 0 Å². The molecule has 0 aliphatic carbocycles. The van der Waals surface area contributed by atoms with Gasteiger partial charge in [-0.25, -0.2) is 19.5 Å². The van der Waals surface area contributed by atoms with E-state index in [1.807, 2.05) is 0 Å². The first-order valence-corrected chi connectivity index (χ1v) is 8.51. The third-order valence-electron chi connectivity index (χ3n) is 3.62. The Hall–Kier alpha value is -2.35. The molecule has 0 aromatic carbocycles. The second-order valence-electron chi connectivity index (χ2n) is 5.20. The van der Waals surface area contributed by atoms with Crippen molar-refractivity contribution in [2.75, 3.05) is 12.3 Å². The van der Waals surface area contributed by atoms with Crippen molar-refractivity contribution in [3.63, 3.8) is 0 Å². The first kappa shape index (κ1) is 18.4. The van der Waals surface area contributed by atoms with E-state index in [2.05, 4.69) is 29.5 Å². The molecule has 0 spiro atoms. The Morgan fingerprint density at radius 1 is 1.50 bits per heavy atom. The molecule has 2 aromatic rings. The van der Waals surface area contributed by atoms with Crippen LogP contribution < -0.4 is 5.73 Å². The van der Waals surface area contributed by atoms with E-state index in [0.29, 0.717) is 0 Å². The molecular weight excluding hydrogens is 375 g/mol. The van der Waals surface area contributed by atoms with Crippen LogP contribution in [0.3, 0.4) is 0 Å². The normalized spacial score (nSPS) is 26.2. The van der Waals surface area contributed by atoms with Crippen molar-refractivity contribution in [1.29, 1.82) is 0 Å². The Kier molecular flexibility index (Phi) is 4.79. The van der Waals surface area contributed by atoms with Gasteiger partial charge in [0.05, 0.1) is 6.61 Å². The lowest BCUT2D eigenvalue weighted by atomic mass is 10.1. The van der Waals surface area contributed by atoms with Crippen LogP contribution in [0.1, 0.15) is 6.23 Å². The quantitative estimate of drug-likeness (QED) is 0.182. The van der Waals surface area contributed by atoms with Crippen molar-refractivity contribution < 1.29 is 33.8 Å². The number of phosphoric ester groups is 1. The summed E-state index contributed by atoms with van der Waals surface area (Å²) in [6.07, 6.45) is -4.80. The first-order valence-electron chi connectivity index (χ1n) is 6.98. The van der Waals surface area contributed by atoms with Crippen LogP contribution in [0.15, 0.2) is 11.4 Å². The minimum atomic E-state index is -4.99. The van der Waals surface area contributed by atoms with Crippen LogP contribution in [0, 0.1) is 0 Å². The van der Waals surface area contributed by atoms with E-state index in [0.717, 1.165) is 10.9 Å². The van der Waals surface area contributed by atoms with Gasteiger partial charge >= 0.3 is 7.82 Å². The molecule has 2 aromatic heterocycles. The van der Waals surface area contributed by atoms with E-state index in [9.17, 15) is 14.8 Å². The number of ether oxygens (including phenoxy) is 1. The van der Waals surface area contributed by atoms with Crippen LogP contribution in [-0.4, -0.2) is 64.4 Å². The van der Waals surface area contributed by atoms with Crippen LogP contribution in [-0.2, 0) is 13.8 Å². The van der Waals surface area contributed by atoms with Crippen molar-refractivity contribution in [2.24, 2.45) is 5.11 Å². The summed E-state index contributed by atoms with van der Waals surface area (Å²) in [6, 6.07) is 0. The van der Waals surface area contributed by atoms with Gasteiger partial charge in [0.15, 0.2) is 23.2 Å². The Bertz CT molecular complexity index is 923. The number of aliphatic hydroxyl groups excluding tert-OH is 2. The van der Waals surface area contributed by atoms with Gasteiger partial charge in [0, 0.05) is 4.91 Å². The van der Waals surface area contributed by atoms with Gasteiger partial charge in [0.25, 0.3) is 0 Å². The topological polar surface area (TPSA) is 235 Å². The summed E-state index contributed by atoms with van der Waals surface area (Å²) >= 11 is 0. The lowest BCUT2D eigenvalue weighted by Crippen LogP contribution is -2.35. The molecule has 0 radical (unpaired) electrons. The van der Waals surface area contributed by atoms with E-state index in [1.54, 1.807) is 0 Å². The smallest absolute Gasteiger partial charge is 0.394 e. The molecule has 0 amide bonds. The summed E-state index contributed by atoms with van der Waals surface area (Å²) in [5.74, 6) is -0.315. The molecule has 4 atom stereocenters. The number of aliphatic hydroxyl groups is 2. The average molecular weight is 388 g/mol. The maximum absolute atomic E-state index is 11.1. The number of phosphoric acid groups is 1. The highest BCUT2D eigenvalue weighted by molar-refractivity contribution is 7.46. The number of anilines is 1. The van der Waals surface area contributed by atoms with Crippen molar-refractivity contribution >= 4 is 30.8 Å². The second kappa shape index (κ2) is 6.75. The van der Waals surface area contributed by atoms with Gasteiger partial charge in [-0.3, -0.25) is 9.09 Å². The molecule has 0 bridgehead atoms. The number of rotatable bonds is 5. The summed E-state index contributed by atoms with van der Waals surface area (Å²) < 4.78 is 22.1. The van der Waals surface area contributed by atoms with Gasteiger partial charge in [-0.05, 0) is 10.6 Å². The summed E-state index contributed by atoms with van der Waals surface area (Å²) in [5.41, 5.74) is 14.5. The highest BCUT2D eigenvalue weighted by Crippen LogP contribution is 2.45. The molecule has 0 saturated carbocycles. The zero-order valence-electron chi connectivity index (χ0n) is 12.8. The molecule has 1 fully saturated rings. The second-order valence-corrected chi connectivity index (χ2v) is 6.39. The Morgan fingerprint density at radius 2 is 2.23 bits per heavy atom. The molecule has 1 saturated heterocycles. The zero-order valence-corrected chi connectivity index (χ0v) is 13.7. The van der Waals surface area contributed by atoms with Crippen LogP contribution in [0.4, 0.5) is 11.8 Å². The third kappa shape index (κ3) is 3.21. The Morgan fingerprint density at radius 3 is 2.85 bits per heavy atom. The number of aromatic nitrogens is 4. The fourth-order valence-electron chi connectivity index (χ4n) is 2.63. The maximum Gasteiger partial charge on any atom is 0.470 e. The van der Waals surface area contributed by atoms with Crippen LogP contribution in [0.5, 0.6) is 0 Å². The van der Waals surface area contributed by atoms with Crippen molar-refractivity contribution in [1.82, 2.24) is 19.5 Å². The van der Waals surface area contributed by atoms with Crippen molar-refractivity contribution in [2.45, 2.75) is 24.5 Å². The molecule has 6 N–H and O–H groups in total. The molecular formula is C10H13N8O7P. The van der Waals surface area contributed by atoms with Gasteiger partial charge in [-0.15, -0.1) is 0 Å². The highest BCUT2D eigenvalue weighted by atomic mass is 31.2. The SMILES string of the molecule is [N-]=[N+]=Nc1nc2c(N)ncnc2n1[C@@H]1O[C@H](CO)[C@@H](OP(=O)(O)O)[C@H]1O. The molecule has 1 aliphatic heterocycles. The Balaban J connectivity index is 2.11. The number of imidazole rings is 1. The van der Waals surface area contributed by atoms with Crippen LogP contribution in [0.25, 0.3) is 21.6 Å². The van der Waals surface area contributed by atoms with Crippen LogP contribution in [0.2, 0.25) is 0 Å². The predicted molar refractivity (Wildman–Crippen MR) is 82.5 cm³/mol. The van der Waals surface area contributed by atoms with Gasteiger partial charge in [0.2, 0.25) is 5.95 Å². The summed E-state index contributed by atoms with van der Waals surface area (Å²) in [4.78, 5) is 32.3. The van der Waals surface area contributed by atoms with E-state index in [-0.39, 0.29) is 22.9 Å². The average Bonchev–Trinajstić information content (AvgIpc) is 3.06. The van der Waals surface area contributed by atoms with Gasteiger partial charge in [0.1, 0.15) is 24.6 Å². The monoisotopic (exact) mass is 388 g/mol. The minimum Gasteiger partial charge on any atom is -0.394 e. The lowest BCUT2D eigenvalue weighted by molar-refractivity contribution is -0.0501. The molecule has 140 valence electrons. The minimum absolute atomic E-state index is 0.0302. The number of nitrogens with two attached hydrogens (primary N) is 1. The van der Waals surface area contributed by atoms with E-state index >= 15 is 0 Å². The number of fused-ring (bicyclic) bond motifs is 1. The summed E-state index contributed by atoms with van der Waals surface area (Å²) in [5, 5.41) is 23.2. The van der Waals surface area contributed by atoms with Gasteiger partial charge in [-0.1, -0.05) is 0 Å². The van der Waals surface area contributed by atoms with Gasteiger partial charge in [-0.2, -0.15) is 0 Å². The number of nitrogen functional groups attached to an aromatic ring is 1. The van der Waals surface area contributed by atoms with Crippen molar-refractivity contribution in [3.8, 4) is 0 Å². The molecule has 3 heterocycles. The standard InChI is InChI=1S/C10H13N8O7P/c11-7-4-8(14-2-13-7)18(10(15-4)16-17-12)9-5(20)6(3(1-19)24-9)25-26(21,22)23/h2-3,5-6,9,19-20H,1H2,(H2,11,13,14)(H2,21,22,23)/t3-,5-,6-,9-/m1/s1.